The maximum atomic E-state index is 13.8. The molecule has 1 aliphatic rings. The molecular weight excluding hydrogens is 251 g/mol. The molecule has 1 aromatic carbocycles. The number of rotatable bonds is 2. The van der Waals surface area contributed by atoms with E-state index in [9.17, 15) is 9.50 Å². The van der Waals surface area contributed by atoms with Crippen LogP contribution in [0.15, 0.2) is 18.2 Å². The highest BCUT2D eigenvalue weighted by Gasteiger charge is 2.30. The maximum absolute atomic E-state index is 13.8. The van der Waals surface area contributed by atoms with Gasteiger partial charge in [-0.05, 0) is 49.1 Å². The number of aliphatic hydroxyl groups is 1. The van der Waals surface area contributed by atoms with E-state index in [1.54, 1.807) is 12.1 Å². The second-order valence-electron chi connectivity index (χ2n) is 5.79. The van der Waals surface area contributed by atoms with Crippen molar-refractivity contribution in [3.8, 4) is 0 Å². The molecule has 3 heteroatoms. The van der Waals surface area contributed by atoms with E-state index < -0.39 is 11.9 Å². The predicted molar refractivity (Wildman–Crippen MR) is 72.0 cm³/mol. The number of hydrogen-bond donors (Lipinski definition) is 1. The Hall–Kier alpha value is -0.600. The van der Waals surface area contributed by atoms with Crippen molar-refractivity contribution in [1.29, 1.82) is 0 Å². The van der Waals surface area contributed by atoms with Crippen molar-refractivity contribution in [2.75, 3.05) is 0 Å². The van der Waals surface area contributed by atoms with E-state index >= 15 is 0 Å². The van der Waals surface area contributed by atoms with Gasteiger partial charge in [0.15, 0.2) is 0 Å². The molecule has 100 valence electrons. The van der Waals surface area contributed by atoms with Gasteiger partial charge in [-0.3, -0.25) is 0 Å². The monoisotopic (exact) mass is 270 g/mol. The van der Waals surface area contributed by atoms with E-state index in [2.05, 4.69) is 13.8 Å². The van der Waals surface area contributed by atoms with Crippen molar-refractivity contribution in [3.05, 3.63) is 34.6 Å². The van der Waals surface area contributed by atoms with Crippen LogP contribution in [0.2, 0.25) is 5.02 Å². The molecule has 1 nitrogen and oxygen atoms in total. The van der Waals surface area contributed by atoms with E-state index in [4.69, 9.17) is 11.6 Å². The zero-order valence-corrected chi connectivity index (χ0v) is 11.6. The van der Waals surface area contributed by atoms with Crippen LogP contribution in [-0.4, -0.2) is 5.11 Å². The topological polar surface area (TPSA) is 20.2 Å². The molecule has 1 aliphatic carbocycles. The van der Waals surface area contributed by atoms with E-state index in [-0.39, 0.29) is 5.92 Å². The molecule has 18 heavy (non-hydrogen) atoms. The molecule has 2 rings (SSSR count). The van der Waals surface area contributed by atoms with Gasteiger partial charge in [0, 0.05) is 10.6 Å². The van der Waals surface area contributed by atoms with Crippen LogP contribution in [0.1, 0.15) is 44.8 Å². The number of benzene rings is 1. The summed E-state index contributed by atoms with van der Waals surface area (Å²) in [6.07, 6.45) is 2.42. The van der Waals surface area contributed by atoms with Gasteiger partial charge in [0.1, 0.15) is 5.82 Å². The Morgan fingerprint density at radius 3 is 2.39 bits per heavy atom. The van der Waals surface area contributed by atoms with Crippen LogP contribution in [0.4, 0.5) is 4.39 Å². The molecule has 1 aromatic rings. The highest BCUT2D eigenvalue weighted by molar-refractivity contribution is 6.30. The minimum atomic E-state index is -0.715. The molecule has 1 saturated carbocycles. The smallest absolute Gasteiger partial charge is 0.130 e. The van der Waals surface area contributed by atoms with Crippen LogP contribution in [0.25, 0.3) is 0 Å². The minimum absolute atomic E-state index is 0.152. The first-order valence-electron chi connectivity index (χ1n) is 6.60. The normalized spacial score (nSPS) is 30.2. The third kappa shape index (κ3) is 3.04. The van der Waals surface area contributed by atoms with Crippen molar-refractivity contribution in [3.63, 3.8) is 0 Å². The average molecular weight is 271 g/mol. The van der Waals surface area contributed by atoms with Crippen molar-refractivity contribution in [2.24, 2.45) is 17.8 Å². The van der Waals surface area contributed by atoms with Crippen LogP contribution in [0.3, 0.4) is 0 Å². The van der Waals surface area contributed by atoms with E-state index in [1.807, 2.05) is 0 Å². The zero-order chi connectivity index (χ0) is 13.3. The molecule has 0 aliphatic heterocycles. The van der Waals surface area contributed by atoms with Gasteiger partial charge in [-0.1, -0.05) is 31.5 Å². The third-order valence-corrected chi connectivity index (χ3v) is 4.18. The van der Waals surface area contributed by atoms with E-state index in [1.165, 1.54) is 12.5 Å². The SMILES string of the molecule is CC1CC(C)CC(C(O)c2ccc(Cl)cc2F)C1. The molecule has 0 saturated heterocycles. The van der Waals surface area contributed by atoms with Gasteiger partial charge in [-0.15, -0.1) is 0 Å². The predicted octanol–water partition coefficient (Wildman–Crippen LogP) is 4.58. The second kappa shape index (κ2) is 5.58. The highest BCUT2D eigenvalue weighted by Crippen LogP contribution is 2.40. The van der Waals surface area contributed by atoms with Crippen LogP contribution in [0, 0.1) is 23.6 Å². The summed E-state index contributed by atoms with van der Waals surface area (Å²) in [7, 11) is 0. The summed E-state index contributed by atoms with van der Waals surface area (Å²) in [6, 6.07) is 4.51. The van der Waals surface area contributed by atoms with Crippen LogP contribution >= 0.6 is 11.6 Å². The quantitative estimate of drug-likeness (QED) is 0.834. The Balaban J connectivity index is 2.17. The third-order valence-electron chi connectivity index (χ3n) is 3.94. The molecule has 0 heterocycles. The summed E-state index contributed by atoms with van der Waals surface area (Å²) in [5.74, 6) is 0.952. The lowest BCUT2D eigenvalue weighted by atomic mass is 9.73. The molecule has 1 fully saturated rings. The Bertz CT molecular complexity index is 411. The summed E-state index contributed by atoms with van der Waals surface area (Å²) < 4.78 is 13.8. The number of hydrogen-bond acceptors (Lipinski definition) is 1. The average Bonchev–Trinajstić information content (AvgIpc) is 2.26. The van der Waals surface area contributed by atoms with Crippen molar-refractivity contribution in [2.45, 2.75) is 39.2 Å². The molecule has 1 N–H and O–H groups in total. The van der Waals surface area contributed by atoms with Gasteiger partial charge in [0.25, 0.3) is 0 Å². The van der Waals surface area contributed by atoms with Crippen molar-refractivity contribution < 1.29 is 9.50 Å². The summed E-state index contributed by atoms with van der Waals surface area (Å²) >= 11 is 5.73. The molecule has 0 aromatic heterocycles. The lowest BCUT2D eigenvalue weighted by Crippen LogP contribution is -2.25. The largest absolute Gasteiger partial charge is 0.388 e. The molecule has 0 spiro atoms. The lowest BCUT2D eigenvalue weighted by Gasteiger charge is -2.34. The molecule has 3 unspecified atom stereocenters. The van der Waals surface area contributed by atoms with Gasteiger partial charge >= 0.3 is 0 Å². The Morgan fingerprint density at radius 2 is 1.83 bits per heavy atom. The molecule has 0 bridgehead atoms. The summed E-state index contributed by atoms with van der Waals surface area (Å²) in [6.45, 7) is 4.40. The zero-order valence-electron chi connectivity index (χ0n) is 10.9. The van der Waals surface area contributed by atoms with Gasteiger partial charge < -0.3 is 5.11 Å². The maximum Gasteiger partial charge on any atom is 0.130 e. The van der Waals surface area contributed by atoms with Gasteiger partial charge in [-0.25, -0.2) is 4.39 Å². The molecular formula is C15H20ClFO. The van der Waals surface area contributed by atoms with Crippen molar-refractivity contribution in [1.82, 2.24) is 0 Å². The van der Waals surface area contributed by atoms with Crippen LogP contribution in [-0.2, 0) is 0 Å². The molecule has 0 amide bonds. The summed E-state index contributed by atoms with van der Waals surface area (Å²) in [4.78, 5) is 0. The van der Waals surface area contributed by atoms with Crippen LogP contribution in [0.5, 0.6) is 0 Å². The van der Waals surface area contributed by atoms with Gasteiger partial charge in [0.05, 0.1) is 6.10 Å². The highest BCUT2D eigenvalue weighted by atomic mass is 35.5. The van der Waals surface area contributed by atoms with Crippen LogP contribution < -0.4 is 0 Å². The first kappa shape index (κ1) is 13.8. The Morgan fingerprint density at radius 1 is 1.22 bits per heavy atom. The van der Waals surface area contributed by atoms with Crippen molar-refractivity contribution >= 4 is 11.6 Å². The first-order chi connectivity index (χ1) is 8.47. The minimum Gasteiger partial charge on any atom is -0.388 e. The fourth-order valence-corrected chi connectivity index (χ4v) is 3.42. The fraction of sp³-hybridized carbons (Fsp3) is 0.600. The Kier molecular flexibility index (Phi) is 4.29. The second-order valence-corrected chi connectivity index (χ2v) is 6.22. The number of halogens is 2. The van der Waals surface area contributed by atoms with Gasteiger partial charge in [-0.2, -0.15) is 0 Å². The summed E-state index contributed by atoms with van der Waals surface area (Å²) in [5.41, 5.74) is 0.380. The van der Waals surface area contributed by atoms with E-state index in [0.29, 0.717) is 22.4 Å². The lowest BCUT2D eigenvalue weighted by molar-refractivity contribution is 0.0526. The summed E-state index contributed by atoms with van der Waals surface area (Å²) in [5, 5.41) is 10.7. The fourth-order valence-electron chi connectivity index (χ4n) is 3.26. The standard InChI is InChI=1S/C15H20ClFO/c1-9-5-10(2)7-11(6-9)15(18)13-4-3-12(16)8-14(13)17/h3-4,8-11,15,18H,5-7H2,1-2H3. The molecule has 3 atom stereocenters. The number of aliphatic hydroxyl groups excluding tert-OH is 1. The van der Waals surface area contributed by atoms with Gasteiger partial charge in [0.2, 0.25) is 0 Å². The first-order valence-corrected chi connectivity index (χ1v) is 6.98. The molecule has 0 radical (unpaired) electrons. The van der Waals surface area contributed by atoms with E-state index in [0.717, 1.165) is 12.8 Å². The Labute approximate surface area is 113 Å².